The van der Waals surface area contributed by atoms with Crippen LogP contribution in [0.2, 0.25) is 0 Å². The van der Waals surface area contributed by atoms with Crippen LogP contribution in [0, 0.1) is 6.92 Å². The Morgan fingerprint density at radius 2 is 1.62 bits per heavy atom. The Balaban J connectivity index is 1.56. The largest absolute Gasteiger partial charge is 0.336 e. The number of aromatic nitrogens is 4. The molecule has 166 valence electrons. The molecule has 4 rings (SSSR count). The quantitative estimate of drug-likeness (QED) is 0.392. The lowest BCUT2D eigenvalue weighted by Crippen LogP contribution is -2.40. The molecule has 0 fully saturated rings. The van der Waals surface area contributed by atoms with E-state index in [-0.39, 0.29) is 11.2 Å². The van der Waals surface area contributed by atoms with Crippen LogP contribution in [0.1, 0.15) is 44.0 Å². The number of aromatic amines is 1. The second kappa shape index (κ2) is 9.81. The predicted octanol–water partition coefficient (Wildman–Crippen LogP) is 4.68. The summed E-state index contributed by atoms with van der Waals surface area (Å²) in [5, 5.41) is 0. The Morgan fingerprint density at radius 1 is 0.875 bits per heavy atom. The van der Waals surface area contributed by atoms with Crippen molar-refractivity contribution in [2.45, 2.75) is 59.0 Å². The van der Waals surface area contributed by atoms with Gasteiger partial charge in [0.1, 0.15) is 11.3 Å². The van der Waals surface area contributed by atoms with Gasteiger partial charge in [-0.2, -0.15) is 0 Å². The Bertz CT molecular complexity index is 1320. The van der Waals surface area contributed by atoms with Crippen LogP contribution in [0.15, 0.2) is 64.2 Å². The van der Waals surface area contributed by atoms with Crippen molar-refractivity contribution in [1.82, 2.24) is 19.1 Å². The topological polar surface area (TPSA) is 72.7 Å². The van der Waals surface area contributed by atoms with Crippen molar-refractivity contribution < 1.29 is 0 Å². The Kier molecular flexibility index (Phi) is 6.69. The number of unbranched alkanes of at least 4 members (excludes halogenated alkanes) is 2. The van der Waals surface area contributed by atoms with E-state index >= 15 is 0 Å². The van der Waals surface area contributed by atoms with Gasteiger partial charge in [-0.25, -0.2) is 9.78 Å². The van der Waals surface area contributed by atoms with Gasteiger partial charge >= 0.3 is 5.69 Å². The number of hydrogen-bond donors (Lipinski definition) is 1. The maximum Gasteiger partial charge on any atom is 0.332 e. The van der Waals surface area contributed by atoms with E-state index in [2.05, 4.69) is 53.3 Å². The van der Waals surface area contributed by atoms with E-state index in [9.17, 15) is 9.59 Å². The van der Waals surface area contributed by atoms with Crippen LogP contribution in [0.4, 0.5) is 0 Å². The number of hydrogen-bond acceptors (Lipinski definition) is 3. The number of rotatable bonds is 9. The molecule has 2 aromatic carbocycles. The van der Waals surface area contributed by atoms with Crippen molar-refractivity contribution in [3.05, 3.63) is 86.8 Å². The maximum absolute atomic E-state index is 13.2. The molecule has 4 aromatic rings. The van der Waals surface area contributed by atoms with Gasteiger partial charge in [0.15, 0.2) is 5.65 Å². The average Bonchev–Trinajstić information content (AvgIpc) is 3.21. The normalized spacial score (nSPS) is 11.3. The van der Waals surface area contributed by atoms with Crippen LogP contribution in [-0.2, 0) is 19.5 Å². The highest BCUT2D eigenvalue weighted by molar-refractivity contribution is 5.69. The molecule has 2 aromatic heterocycles. The lowest BCUT2D eigenvalue weighted by Gasteiger charge is -2.11. The first-order valence-electron chi connectivity index (χ1n) is 11.4. The maximum atomic E-state index is 13.2. The summed E-state index contributed by atoms with van der Waals surface area (Å²) in [5.74, 6) is 0.649. The molecule has 0 atom stereocenters. The molecule has 0 aliphatic rings. The zero-order valence-electron chi connectivity index (χ0n) is 18.8. The highest BCUT2D eigenvalue weighted by Gasteiger charge is 2.16. The molecular formula is C26H30N4O2. The van der Waals surface area contributed by atoms with Gasteiger partial charge in [-0.15, -0.1) is 0 Å². The van der Waals surface area contributed by atoms with Gasteiger partial charge in [-0.05, 0) is 42.9 Å². The first-order chi connectivity index (χ1) is 15.6. The lowest BCUT2D eigenvalue weighted by molar-refractivity contribution is 0.526. The Hall–Kier alpha value is -3.41. The molecule has 1 N–H and O–H groups in total. The van der Waals surface area contributed by atoms with E-state index < -0.39 is 0 Å². The minimum atomic E-state index is -0.282. The molecule has 0 saturated heterocycles. The molecule has 2 heterocycles. The van der Waals surface area contributed by atoms with Crippen LogP contribution in [-0.4, -0.2) is 19.1 Å². The summed E-state index contributed by atoms with van der Waals surface area (Å²) in [6.45, 7) is 4.90. The Morgan fingerprint density at radius 3 is 2.41 bits per heavy atom. The third kappa shape index (κ3) is 4.59. The van der Waals surface area contributed by atoms with E-state index in [1.54, 1.807) is 4.57 Å². The van der Waals surface area contributed by atoms with E-state index in [4.69, 9.17) is 0 Å². The molecule has 0 saturated carbocycles. The number of aryl methyl sites for hydroxylation is 3. The van der Waals surface area contributed by atoms with Gasteiger partial charge in [0.05, 0.1) is 0 Å². The predicted molar refractivity (Wildman–Crippen MR) is 129 cm³/mol. The minimum Gasteiger partial charge on any atom is -0.336 e. The van der Waals surface area contributed by atoms with Gasteiger partial charge < -0.3 is 4.98 Å². The van der Waals surface area contributed by atoms with Crippen molar-refractivity contribution in [3.63, 3.8) is 0 Å². The van der Waals surface area contributed by atoms with Crippen molar-refractivity contribution in [2.75, 3.05) is 0 Å². The van der Waals surface area contributed by atoms with E-state index in [1.165, 1.54) is 21.3 Å². The van der Waals surface area contributed by atoms with Crippen molar-refractivity contribution >= 4 is 11.2 Å². The average molecular weight is 431 g/mol. The number of nitrogens with zero attached hydrogens (tertiary/aromatic N) is 3. The first kappa shape index (κ1) is 21.8. The van der Waals surface area contributed by atoms with Crippen molar-refractivity contribution in [1.29, 1.82) is 0 Å². The van der Waals surface area contributed by atoms with Crippen LogP contribution in [0.3, 0.4) is 0 Å². The fraction of sp³-hybridized carbons (Fsp3) is 0.346. The summed E-state index contributed by atoms with van der Waals surface area (Å²) >= 11 is 0. The molecule has 6 heteroatoms. The summed E-state index contributed by atoms with van der Waals surface area (Å²) in [7, 11) is 0. The number of nitrogens with one attached hydrogen (secondary N) is 1. The molecule has 0 spiro atoms. The summed E-state index contributed by atoms with van der Waals surface area (Å²) in [5.41, 5.74) is 3.90. The molecule has 0 aliphatic carbocycles. The van der Waals surface area contributed by atoms with Crippen LogP contribution in [0.5, 0.6) is 0 Å². The highest BCUT2D eigenvalue weighted by atomic mass is 16.2. The van der Waals surface area contributed by atoms with Gasteiger partial charge in [-0.3, -0.25) is 13.9 Å². The Labute approximate surface area is 187 Å². The van der Waals surface area contributed by atoms with E-state index in [0.717, 1.165) is 25.7 Å². The second-order valence-corrected chi connectivity index (χ2v) is 8.29. The molecule has 0 amide bonds. The summed E-state index contributed by atoms with van der Waals surface area (Å²) in [4.78, 5) is 33.6. The van der Waals surface area contributed by atoms with Gasteiger partial charge in [0, 0.05) is 13.1 Å². The first-order valence-corrected chi connectivity index (χ1v) is 11.4. The molecular weight excluding hydrogens is 400 g/mol. The van der Waals surface area contributed by atoms with E-state index in [0.29, 0.717) is 36.5 Å². The monoisotopic (exact) mass is 430 g/mol. The van der Waals surface area contributed by atoms with Crippen molar-refractivity contribution in [2.24, 2.45) is 0 Å². The SMILES string of the molecule is CCCCCn1c(=O)n(CCCc2cccc(-c3ccccc3)c2)c(=O)c2[nH]c(C)nc21. The number of H-pyrrole nitrogens is 1. The van der Waals surface area contributed by atoms with Crippen LogP contribution >= 0.6 is 0 Å². The third-order valence-corrected chi connectivity index (χ3v) is 5.85. The molecule has 6 nitrogen and oxygen atoms in total. The third-order valence-electron chi connectivity index (χ3n) is 5.85. The van der Waals surface area contributed by atoms with Crippen LogP contribution < -0.4 is 11.2 Å². The van der Waals surface area contributed by atoms with Gasteiger partial charge in [-0.1, -0.05) is 74.4 Å². The molecule has 0 aliphatic heterocycles. The minimum absolute atomic E-state index is 0.261. The van der Waals surface area contributed by atoms with Crippen molar-refractivity contribution in [3.8, 4) is 11.1 Å². The zero-order chi connectivity index (χ0) is 22.5. The van der Waals surface area contributed by atoms with Crippen LogP contribution in [0.25, 0.3) is 22.3 Å². The molecule has 0 unspecified atom stereocenters. The lowest BCUT2D eigenvalue weighted by atomic mass is 10.0. The van der Waals surface area contributed by atoms with Gasteiger partial charge in [0.2, 0.25) is 0 Å². The molecule has 32 heavy (non-hydrogen) atoms. The second-order valence-electron chi connectivity index (χ2n) is 8.29. The molecule has 0 bridgehead atoms. The zero-order valence-corrected chi connectivity index (χ0v) is 18.8. The van der Waals surface area contributed by atoms with Gasteiger partial charge in [0.25, 0.3) is 5.56 Å². The fourth-order valence-corrected chi connectivity index (χ4v) is 4.18. The summed E-state index contributed by atoms with van der Waals surface area (Å²) < 4.78 is 3.03. The fourth-order valence-electron chi connectivity index (χ4n) is 4.18. The number of benzene rings is 2. The number of fused-ring (bicyclic) bond motifs is 1. The summed E-state index contributed by atoms with van der Waals surface area (Å²) in [6, 6.07) is 18.7. The van der Waals surface area contributed by atoms with E-state index in [1.807, 2.05) is 25.1 Å². The smallest absolute Gasteiger partial charge is 0.332 e. The standard InChI is InChI=1S/C26H30N4O2/c1-3-4-8-16-29-24-23(27-19(2)28-24)25(31)30(26(29)32)17-10-12-20-11-9-15-22(18-20)21-13-6-5-7-14-21/h5-7,9,11,13-15,18H,3-4,8,10,12,16-17H2,1-2H3,(H,27,28). The molecule has 0 radical (unpaired) electrons. The number of imidazole rings is 1. The summed E-state index contributed by atoms with van der Waals surface area (Å²) in [6.07, 6.45) is 4.50. The highest BCUT2D eigenvalue weighted by Crippen LogP contribution is 2.20.